The SMILES string of the molecule is O=S(=O)(NC1CCCCC1CO)c1ccc(Cl)cc1. The van der Waals surface area contributed by atoms with Crippen molar-refractivity contribution in [2.45, 2.75) is 36.6 Å². The molecule has 1 aliphatic rings. The third-order valence-corrected chi connectivity index (χ3v) is 5.33. The molecule has 0 spiro atoms. The van der Waals surface area contributed by atoms with E-state index in [1.54, 1.807) is 12.1 Å². The summed E-state index contributed by atoms with van der Waals surface area (Å²) in [5.41, 5.74) is 0. The summed E-state index contributed by atoms with van der Waals surface area (Å²) in [6.45, 7) is 0.0216. The third-order valence-electron chi connectivity index (χ3n) is 3.57. The van der Waals surface area contributed by atoms with Crippen LogP contribution in [0.2, 0.25) is 5.02 Å². The number of rotatable bonds is 4. The van der Waals surface area contributed by atoms with E-state index < -0.39 is 10.0 Å². The van der Waals surface area contributed by atoms with Crippen molar-refractivity contribution < 1.29 is 13.5 Å². The second-order valence-corrected chi connectivity index (χ2v) is 7.06. The van der Waals surface area contributed by atoms with Gasteiger partial charge in [0.05, 0.1) is 4.90 Å². The zero-order valence-electron chi connectivity index (χ0n) is 10.5. The highest BCUT2D eigenvalue weighted by Crippen LogP contribution is 2.25. The number of benzene rings is 1. The fourth-order valence-corrected chi connectivity index (χ4v) is 3.93. The minimum Gasteiger partial charge on any atom is -0.396 e. The van der Waals surface area contributed by atoms with Crippen molar-refractivity contribution in [1.82, 2.24) is 4.72 Å². The molecular weight excluding hydrogens is 286 g/mol. The Morgan fingerprint density at radius 1 is 1.21 bits per heavy atom. The van der Waals surface area contributed by atoms with E-state index in [4.69, 9.17) is 11.6 Å². The smallest absolute Gasteiger partial charge is 0.240 e. The average molecular weight is 304 g/mol. The molecule has 1 fully saturated rings. The number of hydrogen-bond acceptors (Lipinski definition) is 3. The number of sulfonamides is 1. The van der Waals surface area contributed by atoms with E-state index >= 15 is 0 Å². The van der Waals surface area contributed by atoms with Gasteiger partial charge in [-0.1, -0.05) is 24.4 Å². The number of halogens is 1. The van der Waals surface area contributed by atoms with Crippen LogP contribution in [0.25, 0.3) is 0 Å². The summed E-state index contributed by atoms with van der Waals surface area (Å²) in [4.78, 5) is 0.208. The van der Waals surface area contributed by atoms with Gasteiger partial charge in [0.25, 0.3) is 0 Å². The van der Waals surface area contributed by atoms with Crippen LogP contribution >= 0.6 is 11.6 Å². The number of aliphatic hydroxyl groups is 1. The Morgan fingerprint density at radius 2 is 1.84 bits per heavy atom. The lowest BCUT2D eigenvalue weighted by Gasteiger charge is -2.30. The molecule has 1 aliphatic carbocycles. The summed E-state index contributed by atoms with van der Waals surface area (Å²) < 4.78 is 27.2. The molecule has 1 saturated carbocycles. The molecule has 4 nitrogen and oxygen atoms in total. The van der Waals surface area contributed by atoms with Gasteiger partial charge in [-0.2, -0.15) is 0 Å². The van der Waals surface area contributed by atoms with Crippen LogP contribution < -0.4 is 4.72 Å². The van der Waals surface area contributed by atoms with E-state index in [0.717, 1.165) is 25.7 Å². The highest BCUT2D eigenvalue weighted by Gasteiger charge is 2.28. The molecule has 0 bridgehead atoms. The van der Waals surface area contributed by atoms with Crippen molar-refractivity contribution >= 4 is 21.6 Å². The number of aliphatic hydroxyl groups excluding tert-OH is 1. The maximum atomic E-state index is 12.2. The van der Waals surface area contributed by atoms with Gasteiger partial charge in [-0.15, -0.1) is 0 Å². The van der Waals surface area contributed by atoms with Gasteiger partial charge >= 0.3 is 0 Å². The number of hydrogen-bond donors (Lipinski definition) is 2. The summed E-state index contributed by atoms with van der Waals surface area (Å²) in [6.07, 6.45) is 3.68. The Balaban J connectivity index is 2.14. The molecule has 106 valence electrons. The van der Waals surface area contributed by atoms with Crippen LogP contribution in [0.1, 0.15) is 25.7 Å². The van der Waals surface area contributed by atoms with E-state index in [1.165, 1.54) is 12.1 Å². The van der Waals surface area contributed by atoms with Gasteiger partial charge in [-0.05, 0) is 43.0 Å². The van der Waals surface area contributed by atoms with Crippen LogP contribution in [0.3, 0.4) is 0 Å². The van der Waals surface area contributed by atoms with Crippen molar-refractivity contribution in [3.63, 3.8) is 0 Å². The summed E-state index contributed by atoms with van der Waals surface area (Å²) in [5, 5.41) is 9.82. The molecule has 6 heteroatoms. The van der Waals surface area contributed by atoms with E-state index in [2.05, 4.69) is 4.72 Å². The minimum atomic E-state index is -3.54. The van der Waals surface area contributed by atoms with Crippen LogP contribution in [-0.2, 0) is 10.0 Å². The Hall–Kier alpha value is -0.620. The molecule has 19 heavy (non-hydrogen) atoms. The highest BCUT2D eigenvalue weighted by molar-refractivity contribution is 7.89. The van der Waals surface area contributed by atoms with Crippen molar-refractivity contribution in [1.29, 1.82) is 0 Å². The third kappa shape index (κ3) is 3.69. The molecule has 2 atom stereocenters. The summed E-state index contributed by atoms with van der Waals surface area (Å²) >= 11 is 5.75. The van der Waals surface area contributed by atoms with E-state index in [0.29, 0.717) is 5.02 Å². The van der Waals surface area contributed by atoms with Gasteiger partial charge < -0.3 is 5.11 Å². The normalized spacial score (nSPS) is 24.3. The molecule has 2 unspecified atom stereocenters. The lowest BCUT2D eigenvalue weighted by Crippen LogP contribution is -2.43. The summed E-state index contributed by atoms with van der Waals surface area (Å²) in [7, 11) is -3.54. The van der Waals surface area contributed by atoms with Gasteiger partial charge in [0.2, 0.25) is 10.0 Å². The predicted octanol–water partition coefficient (Wildman–Crippen LogP) is 2.17. The van der Waals surface area contributed by atoms with Gasteiger partial charge in [-0.25, -0.2) is 13.1 Å². The average Bonchev–Trinajstić information content (AvgIpc) is 2.39. The van der Waals surface area contributed by atoms with Gasteiger partial charge in [0.1, 0.15) is 0 Å². The second-order valence-electron chi connectivity index (χ2n) is 4.91. The summed E-state index contributed by atoms with van der Waals surface area (Å²) in [5.74, 6) is 0.0100. The molecule has 0 radical (unpaired) electrons. The molecule has 1 aromatic rings. The van der Waals surface area contributed by atoms with Crippen molar-refractivity contribution in [3.8, 4) is 0 Å². The molecule has 0 aromatic heterocycles. The molecular formula is C13H18ClNO3S. The minimum absolute atomic E-state index is 0.0100. The van der Waals surface area contributed by atoms with Crippen LogP contribution in [0.5, 0.6) is 0 Å². The van der Waals surface area contributed by atoms with Crippen LogP contribution in [-0.4, -0.2) is 26.2 Å². The van der Waals surface area contributed by atoms with Gasteiger partial charge in [0.15, 0.2) is 0 Å². The lowest BCUT2D eigenvalue weighted by molar-refractivity contribution is 0.164. The van der Waals surface area contributed by atoms with E-state index in [1.807, 2.05) is 0 Å². The predicted molar refractivity (Wildman–Crippen MR) is 74.6 cm³/mol. The summed E-state index contributed by atoms with van der Waals surface area (Å²) in [6, 6.07) is 5.91. The first-order chi connectivity index (χ1) is 9.03. The van der Waals surface area contributed by atoms with E-state index in [-0.39, 0.29) is 23.5 Å². The fourth-order valence-electron chi connectivity index (χ4n) is 2.46. The highest BCUT2D eigenvalue weighted by atomic mass is 35.5. The Morgan fingerprint density at radius 3 is 2.47 bits per heavy atom. The first-order valence-electron chi connectivity index (χ1n) is 6.41. The molecule has 1 aromatic carbocycles. The van der Waals surface area contributed by atoms with E-state index in [9.17, 15) is 13.5 Å². The molecule has 0 aliphatic heterocycles. The molecule has 0 heterocycles. The fraction of sp³-hybridized carbons (Fsp3) is 0.538. The Kier molecular flexibility index (Phi) is 4.84. The van der Waals surface area contributed by atoms with Crippen LogP contribution in [0.4, 0.5) is 0 Å². The molecule has 0 saturated heterocycles. The quantitative estimate of drug-likeness (QED) is 0.896. The standard InChI is InChI=1S/C13H18ClNO3S/c14-11-5-7-12(8-6-11)19(17,18)15-13-4-2-1-3-10(13)9-16/h5-8,10,13,15-16H,1-4,9H2. The topological polar surface area (TPSA) is 66.4 Å². The Bertz CT molecular complexity index is 515. The van der Waals surface area contributed by atoms with Gasteiger partial charge in [0, 0.05) is 17.7 Å². The zero-order chi connectivity index (χ0) is 13.9. The maximum Gasteiger partial charge on any atom is 0.240 e. The van der Waals surface area contributed by atoms with Crippen molar-refractivity contribution in [2.75, 3.05) is 6.61 Å². The first-order valence-corrected chi connectivity index (χ1v) is 8.28. The van der Waals surface area contributed by atoms with Crippen molar-refractivity contribution in [2.24, 2.45) is 5.92 Å². The molecule has 2 N–H and O–H groups in total. The van der Waals surface area contributed by atoms with Crippen molar-refractivity contribution in [3.05, 3.63) is 29.3 Å². The maximum absolute atomic E-state index is 12.2. The largest absolute Gasteiger partial charge is 0.396 e. The zero-order valence-corrected chi connectivity index (χ0v) is 12.1. The monoisotopic (exact) mass is 303 g/mol. The first kappa shape index (κ1) is 14.8. The van der Waals surface area contributed by atoms with Crippen LogP contribution in [0, 0.1) is 5.92 Å². The second kappa shape index (κ2) is 6.22. The molecule has 2 rings (SSSR count). The van der Waals surface area contributed by atoms with Gasteiger partial charge in [-0.3, -0.25) is 0 Å². The molecule has 0 amide bonds. The Labute approximate surface area is 118 Å². The number of nitrogens with one attached hydrogen (secondary N) is 1. The van der Waals surface area contributed by atoms with Crippen LogP contribution in [0.15, 0.2) is 29.2 Å². The lowest BCUT2D eigenvalue weighted by atomic mass is 9.86.